The lowest BCUT2D eigenvalue weighted by Crippen LogP contribution is -2.25. The Labute approximate surface area is 74.5 Å². The molecule has 2 rings (SSSR count). The van der Waals surface area contributed by atoms with E-state index in [4.69, 9.17) is 10.5 Å². The summed E-state index contributed by atoms with van der Waals surface area (Å²) in [6, 6.07) is 0. The minimum Gasteiger partial charge on any atom is -0.381 e. The lowest BCUT2D eigenvalue weighted by Gasteiger charge is -2.29. The van der Waals surface area contributed by atoms with E-state index in [1.165, 1.54) is 32.1 Å². The van der Waals surface area contributed by atoms with Gasteiger partial charge in [0, 0.05) is 7.11 Å². The van der Waals surface area contributed by atoms with Crippen molar-refractivity contribution in [3.8, 4) is 0 Å². The Morgan fingerprint density at radius 3 is 2.92 bits per heavy atom. The predicted octanol–water partition coefficient (Wildman–Crippen LogP) is 1.54. The van der Waals surface area contributed by atoms with Crippen LogP contribution in [0, 0.1) is 11.3 Å². The van der Waals surface area contributed by atoms with Crippen molar-refractivity contribution < 1.29 is 4.74 Å². The zero-order valence-electron chi connectivity index (χ0n) is 7.88. The molecule has 2 N–H and O–H groups in total. The van der Waals surface area contributed by atoms with Gasteiger partial charge in [-0.2, -0.15) is 0 Å². The van der Waals surface area contributed by atoms with Crippen LogP contribution in [0.2, 0.25) is 0 Å². The highest BCUT2D eigenvalue weighted by Gasteiger charge is 2.54. The fourth-order valence-corrected chi connectivity index (χ4v) is 2.86. The maximum absolute atomic E-state index is 5.69. The molecule has 3 unspecified atom stereocenters. The van der Waals surface area contributed by atoms with E-state index in [1.54, 1.807) is 0 Å². The summed E-state index contributed by atoms with van der Waals surface area (Å²) in [5.41, 5.74) is 6.30. The van der Waals surface area contributed by atoms with E-state index in [0.717, 1.165) is 12.5 Å². The van der Waals surface area contributed by atoms with Crippen molar-refractivity contribution in [2.45, 2.75) is 38.2 Å². The molecule has 0 bridgehead atoms. The van der Waals surface area contributed by atoms with Gasteiger partial charge in [0.25, 0.3) is 0 Å². The molecule has 0 radical (unpaired) electrons. The maximum atomic E-state index is 5.69. The van der Waals surface area contributed by atoms with Crippen LogP contribution in [-0.2, 0) is 4.74 Å². The normalized spacial score (nSPS) is 46.5. The second-order valence-corrected chi connectivity index (χ2v) is 4.45. The van der Waals surface area contributed by atoms with Crippen molar-refractivity contribution in [3.05, 3.63) is 0 Å². The first-order valence-electron chi connectivity index (χ1n) is 5.03. The summed E-state index contributed by atoms with van der Waals surface area (Å²) >= 11 is 0. The van der Waals surface area contributed by atoms with E-state index in [0.29, 0.717) is 11.5 Å². The molecule has 0 heterocycles. The number of hydrogen-bond donors (Lipinski definition) is 1. The van der Waals surface area contributed by atoms with Crippen molar-refractivity contribution in [1.82, 2.24) is 0 Å². The molecule has 0 amide bonds. The largest absolute Gasteiger partial charge is 0.381 e. The van der Waals surface area contributed by atoms with E-state index in [-0.39, 0.29) is 0 Å². The molecule has 2 fully saturated rings. The van der Waals surface area contributed by atoms with Crippen molar-refractivity contribution in [2.24, 2.45) is 17.1 Å². The molecule has 3 atom stereocenters. The molecule has 0 aromatic carbocycles. The summed E-state index contributed by atoms with van der Waals surface area (Å²) < 4.78 is 5.42. The van der Waals surface area contributed by atoms with E-state index in [1.807, 2.05) is 7.11 Å². The molecule has 0 aromatic heterocycles. The van der Waals surface area contributed by atoms with Gasteiger partial charge in [-0.3, -0.25) is 0 Å². The van der Waals surface area contributed by atoms with E-state index < -0.39 is 0 Å². The van der Waals surface area contributed by atoms with E-state index in [9.17, 15) is 0 Å². The second kappa shape index (κ2) is 3.00. The van der Waals surface area contributed by atoms with Crippen molar-refractivity contribution in [1.29, 1.82) is 0 Å². The van der Waals surface area contributed by atoms with Crippen LogP contribution in [0.25, 0.3) is 0 Å². The minimum absolute atomic E-state index is 0.523. The molecule has 0 aromatic rings. The molecule has 2 nitrogen and oxygen atoms in total. The second-order valence-electron chi connectivity index (χ2n) is 4.45. The Kier molecular flexibility index (Phi) is 2.13. The first-order valence-corrected chi connectivity index (χ1v) is 5.03. The summed E-state index contributed by atoms with van der Waals surface area (Å²) in [4.78, 5) is 0. The smallest absolute Gasteiger partial charge is 0.0576 e. The molecular formula is C10H19NO. The summed E-state index contributed by atoms with van der Waals surface area (Å²) in [7, 11) is 1.84. The average Bonchev–Trinajstić information content (AvgIpc) is 2.78. The van der Waals surface area contributed by atoms with Crippen LogP contribution in [-0.4, -0.2) is 19.8 Å². The Hall–Kier alpha value is -0.0800. The van der Waals surface area contributed by atoms with Crippen LogP contribution in [0.1, 0.15) is 32.1 Å². The summed E-state index contributed by atoms with van der Waals surface area (Å²) in [5.74, 6) is 0.815. The monoisotopic (exact) mass is 169 g/mol. The quantitative estimate of drug-likeness (QED) is 0.680. The number of methoxy groups -OCH3 is 1. The summed E-state index contributed by atoms with van der Waals surface area (Å²) in [6.45, 7) is 0.885. The average molecular weight is 169 g/mol. The number of rotatable bonds is 2. The summed E-state index contributed by atoms with van der Waals surface area (Å²) in [6.07, 6.45) is 7.16. The van der Waals surface area contributed by atoms with Crippen LogP contribution in [0.4, 0.5) is 0 Å². The minimum atomic E-state index is 0.523. The van der Waals surface area contributed by atoms with Gasteiger partial charge in [-0.15, -0.1) is 0 Å². The standard InChI is InChI=1S/C10H19NO/c1-12-9-3-2-4-10(6-9)5-8(10)7-11/h8-9H,2-7,11H2,1H3. The lowest BCUT2D eigenvalue weighted by molar-refractivity contribution is 0.0408. The third kappa shape index (κ3) is 1.27. The fraction of sp³-hybridized carbons (Fsp3) is 1.00. The highest BCUT2D eigenvalue weighted by molar-refractivity contribution is 5.05. The van der Waals surface area contributed by atoms with Crippen molar-refractivity contribution in [3.63, 3.8) is 0 Å². The molecule has 0 saturated heterocycles. The van der Waals surface area contributed by atoms with Gasteiger partial charge in [-0.1, -0.05) is 6.42 Å². The first kappa shape index (κ1) is 8.52. The van der Waals surface area contributed by atoms with E-state index in [2.05, 4.69) is 0 Å². The topological polar surface area (TPSA) is 35.2 Å². The Balaban J connectivity index is 1.92. The molecule has 0 aliphatic heterocycles. The van der Waals surface area contributed by atoms with Crippen molar-refractivity contribution >= 4 is 0 Å². The van der Waals surface area contributed by atoms with Gasteiger partial charge in [0.05, 0.1) is 6.10 Å². The number of ether oxygens (including phenoxy) is 1. The van der Waals surface area contributed by atoms with Crippen LogP contribution >= 0.6 is 0 Å². The van der Waals surface area contributed by atoms with Gasteiger partial charge in [-0.25, -0.2) is 0 Å². The Morgan fingerprint density at radius 2 is 2.33 bits per heavy atom. The number of hydrogen-bond acceptors (Lipinski definition) is 2. The molecule has 70 valence electrons. The van der Waals surface area contributed by atoms with Gasteiger partial charge >= 0.3 is 0 Å². The Bertz CT molecular complexity index is 171. The molecule has 2 aliphatic rings. The molecular weight excluding hydrogens is 150 g/mol. The summed E-state index contributed by atoms with van der Waals surface area (Å²) in [5, 5.41) is 0. The maximum Gasteiger partial charge on any atom is 0.0576 e. The van der Waals surface area contributed by atoms with Gasteiger partial charge in [0.15, 0.2) is 0 Å². The zero-order chi connectivity index (χ0) is 8.60. The van der Waals surface area contributed by atoms with Gasteiger partial charge in [0.2, 0.25) is 0 Å². The van der Waals surface area contributed by atoms with Gasteiger partial charge in [0.1, 0.15) is 0 Å². The third-order valence-corrected chi connectivity index (χ3v) is 3.81. The number of nitrogens with two attached hydrogens (primary N) is 1. The lowest BCUT2D eigenvalue weighted by atomic mass is 9.82. The highest BCUT2D eigenvalue weighted by Crippen LogP contribution is 2.61. The molecule has 1 spiro atoms. The van der Waals surface area contributed by atoms with Crippen LogP contribution in [0.15, 0.2) is 0 Å². The SMILES string of the molecule is COC1CCCC2(C1)CC2CN. The van der Waals surface area contributed by atoms with Gasteiger partial charge < -0.3 is 10.5 Å². The predicted molar refractivity (Wildman–Crippen MR) is 48.9 cm³/mol. The fourth-order valence-electron chi connectivity index (χ4n) is 2.86. The zero-order valence-corrected chi connectivity index (χ0v) is 7.88. The highest BCUT2D eigenvalue weighted by atomic mass is 16.5. The van der Waals surface area contributed by atoms with Crippen molar-refractivity contribution in [2.75, 3.05) is 13.7 Å². The molecule has 2 heteroatoms. The molecule has 2 aliphatic carbocycles. The first-order chi connectivity index (χ1) is 5.80. The van der Waals surface area contributed by atoms with E-state index >= 15 is 0 Å². The van der Waals surface area contributed by atoms with Crippen LogP contribution in [0.3, 0.4) is 0 Å². The molecule has 2 saturated carbocycles. The van der Waals surface area contributed by atoms with Crippen LogP contribution < -0.4 is 5.73 Å². The Morgan fingerprint density at radius 1 is 1.50 bits per heavy atom. The third-order valence-electron chi connectivity index (χ3n) is 3.81. The van der Waals surface area contributed by atoms with Crippen LogP contribution in [0.5, 0.6) is 0 Å². The molecule has 12 heavy (non-hydrogen) atoms. The van der Waals surface area contributed by atoms with Gasteiger partial charge in [-0.05, 0) is 43.6 Å².